The molecule has 0 aliphatic carbocycles. The van der Waals surface area contributed by atoms with Crippen molar-refractivity contribution in [1.29, 1.82) is 0 Å². The van der Waals surface area contributed by atoms with Crippen molar-refractivity contribution in [2.75, 3.05) is 6.79 Å². The van der Waals surface area contributed by atoms with E-state index in [-0.39, 0.29) is 18.3 Å². The van der Waals surface area contributed by atoms with Crippen LogP contribution < -0.4 is 4.74 Å². The number of aromatic hydroxyl groups is 1. The number of hydrogen-bond acceptors (Lipinski definition) is 4. The second-order valence-electron chi connectivity index (χ2n) is 4.83. The fraction of sp³-hybridized carbons (Fsp3) is 0.118. The monoisotopic (exact) mass is 316 g/mol. The van der Waals surface area contributed by atoms with Gasteiger partial charge in [-0.3, -0.25) is 4.79 Å². The molecule has 1 N–H and O–H groups in total. The molecule has 0 saturated heterocycles. The molecule has 0 bridgehead atoms. The van der Waals surface area contributed by atoms with Gasteiger partial charge in [0.15, 0.2) is 12.6 Å². The Kier molecular flexibility index (Phi) is 4.13. The van der Waals surface area contributed by atoms with Crippen LogP contribution in [0.4, 0.5) is 0 Å². The summed E-state index contributed by atoms with van der Waals surface area (Å²) in [4.78, 5) is 12.1. The summed E-state index contributed by atoms with van der Waals surface area (Å²) < 4.78 is 10.6. The maximum atomic E-state index is 12.1. The number of ketones is 1. The van der Waals surface area contributed by atoms with Crippen LogP contribution in [-0.2, 0) is 11.3 Å². The molecular formula is C17H13ClO4. The third kappa shape index (κ3) is 3.13. The Balaban J connectivity index is 1.82. The van der Waals surface area contributed by atoms with Crippen LogP contribution >= 0.6 is 11.6 Å². The van der Waals surface area contributed by atoms with Gasteiger partial charge in [0.25, 0.3) is 0 Å². The highest BCUT2D eigenvalue weighted by Crippen LogP contribution is 2.32. The van der Waals surface area contributed by atoms with Gasteiger partial charge in [0.2, 0.25) is 0 Å². The van der Waals surface area contributed by atoms with E-state index in [1.54, 1.807) is 24.3 Å². The predicted octanol–water partition coefficient (Wildman–Crippen LogP) is 3.81. The van der Waals surface area contributed by atoms with Gasteiger partial charge in [-0.05, 0) is 48.0 Å². The molecule has 0 aromatic heterocycles. The largest absolute Gasteiger partial charge is 0.508 e. The molecule has 2 aromatic rings. The highest BCUT2D eigenvalue weighted by Gasteiger charge is 2.14. The molecule has 112 valence electrons. The van der Waals surface area contributed by atoms with Gasteiger partial charge in [0.1, 0.15) is 11.5 Å². The maximum Gasteiger partial charge on any atom is 0.189 e. The van der Waals surface area contributed by atoms with Crippen LogP contribution in [0.25, 0.3) is 6.08 Å². The standard InChI is InChI=1S/C17H13ClO4/c18-15-7-11(8-17-14(15)9-21-10-22-17)1-6-16(20)12-2-4-13(19)5-3-12/h1-8,19H,9-10H2/b6-1+. The molecule has 4 nitrogen and oxygen atoms in total. The highest BCUT2D eigenvalue weighted by atomic mass is 35.5. The number of rotatable bonds is 3. The lowest BCUT2D eigenvalue weighted by Gasteiger charge is -2.19. The molecule has 1 aliphatic heterocycles. The van der Waals surface area contributed by atoms with E-state index in [9.17, 15) is 9.90 Å². The molecule has 1 heterocycles. The minimum atomic E-state index is -0.155. The Labute approximate surface area is 132 Å². The van der Waals surface area contributed by atoms with Crippen molar-refractivity contribution in [2.24, 2.45) is 0 Å². The summed E-state index contributed by atoms with van der Waals surface area (Å²) in [6, 6.07) is 9.68. The number of hydrogen-bond donors (Lipinski definition) is 1. The summed E-state index contributed by atoms with van der Waals surface area (Å²) in [5, 5.41) is 9.77. The van der Waals surface area contributed by atoms with Crippen molar-refractivity contribution in [3.05, 3.63) is 64.2 Å². The number of phenolic OH excluding ortho intramolecular Hbond substituents is 1. The van der Waals surface area contributed by atoms with Crippen molar-refractivity contribution in [3.8, 4) is 11.5 Å². The number of benzene rings is 2. The summed E-state index contributed by atoms with van der Waals surface area (Å²) >= 11 is 6.19. The molecular weight excluding hydrogens is 304 g/mol. The van der Waals surface area contributed by atoms with Crippen LogP contribution in [-0.4, -0.2) is 17.7 Å². The van der Waals surface area contributed by atoms with E-state index in [2.05, 4.69) is 0 Å². The van der Waals surface area contributed by atoms with Crippen LogP contribution in [0.2, 0.25) is 5.02 Å². The Morgan fingerprint density at radius 2 is 2.00 bits per heavy atom. The fourth-order valence-electron chi connectivity index (χ4n) is 2.14. The first-order valence-electron chi connectivity index (χ1n) is 6.68. The Bertz CT molecular complexity index is 735. The summed E-state index contributed by atoms with van der Waals surface area (Å²) in [5.41, 5.74) is 2.09. The number of ether oxygens (including phenoxy) is 2. The first kappa shape index (κ1) is 14.6. The van der Waals surface area contributed by atoms with E-state index in [1.165, 1.54) is 18.2 Å². The normalized spacial score (nSPS) is 13.7. The average molecular weight is 317 g/mol. The van der Waals surface area contributed by atoms with E-state index in [0.717, 1.165) is 11.1 Å². The number of phenols is 1. The molecule has 22 heavy (non-hydrogen) atoms. The van der Waals surface area contributed by atoms with Gasteiger partial charge in [0.05, 0.1) is 11.6 Å². The third-order valence-electron chi connectivity index (χ3n) is 3.30. The summed E-state index contributed by atoms with van der Waals surface area (Å²) in [5.74, 6) is 0.648. The number of fused-ring (bicyclic) bond motifs is 1. The van der Waals surface area contributed by atoms with Crippen LogP contribution in [0, 0.1) is 0 Å². The zero-order valence-electron chi connectivity index (χ0n) is 11.6. The van der Waals surface area contributed by atoms with Gasteiger partial charge < -0.3 is 14.6 Å². The number of allylic oxidation sites excluding steroid dienone is 1. The molecule has 0 spiro atoms. The minimum absolute atomic E-state index is 0.126. The summed E-state index contributed by atoms with van der Waals surface area (Å²) in [6.07, 6.45) is 3.14. The fourth-order valence-corrected chi connectivity index (χ4v) is 2.41. The molecule has 0 amide bonds. The second kappa shape index (κ2) is 6.22. The predicted molar refractivity (Wildman–Crippen MR) is 83.2 cm³/mol. The minimum Gasteiger partial charge on any atom is -0.508 e. The molecule has 1 aliphatic rings. The molecule has 3 rings (SSSR count). The van der Waals surface area contributed by atoms with Crippen molar-refractivity contribution in [2.45, 2.75) is 6.61 Å². The lowest BCUT2D eigenvalue weighted by Crippen LogP contribution is -2.11. The Hall–Kier alpha value is -2.30. The quantitative estimate of drug-likeness (QED) is 0.691. The third-order valence-corrected chi connectivity index (χ3v) is 3.64. The van der Waals surface area contributed by atoms with Gasteiger partial charge >= 0.3 is 0 Å². The Morgan fingerprint density at radius 1 is 1.23 bits per heavy atom. The van der Waals surface area contributed by atoms with E-state index in [4.69, 9.17) is 21.1 Å². The summed E-state index contributed by atoms with van der Waals surface area (Å²) in [6.45, 7) is 0.619. The molecule has 0 radical (unpaired) electrons. The first-order chi connectivity index (χ1) is 10.6. The van der Waals surface area contributed by atoms with Crippen molar-refractivity contribution >= 4 is 23.5 Å². The number of halogens is 1. The van der Waals surface area contributed by atoms with Gasteiger partial charge in [-0.15, -0.1) is 0 Å². The lowest BCUT2D eigenvalue weighted by atomic mass is 10.1. The van der Waals surface area contributed by atoms with Gasteiger partial charge in [-0.2, -0.15) is 0 Å². The SMILES string of the molecule is O=C(/C=C/c1cc(Cl)c2c(c1)OCOC2)c1ccc(O)cc1. The van der Waals surface area contributed by atoms with Gasteiger partial charge in [-0.25, -0.2) is 0 Å². The van der Waals surface area contributed by atoms with Crippen molar-refractivity contribution < 1.29 is 19.4 Å². The van der Waals surface area contributed by atoms with Crippen LogP contribution in [0.5, 0.6) is 11.5 Å². The van der Waals surface area contributed by atoms with Gasteiger partial charge in [-0.1, -0.05) is 17.7 Å². The van der Waals surface area contributed by atoms with Crippen LogP contribution in [0.3, 0.4) is 0 Å². The van der Waals surface area contributed by atoms with E-state index in [1.807, 2.05) is 6.07 Å². The zero-order valence-corrected chi connectivity index (χ0v) is 12.3. The van der Waals surface area contributed by atoms with E-state index >= 15 is 0 Å². The van der Waals surface area contributed by atoms with Crippen molar-refractivity contribution in [3.63, 3.8) is 0 Å². The van der Waals surface area contributed by atoms with Gasteiger partial charge in [0, 0.05) is 11.1 Å². The first-order valence-corrected chi connectivity index (χ1v) is 7.06. The smallest absolute Gasteiger partial charge is 0.189 e. The Morgan fingerprint density at radius 3 is 2.77 bits per heavy atom. The van der Waals surface area contributed by atoms with E-state index in [0.29, 0.717) is 22.9 Å². The van der Waals surface area contributed by atoms with E-state index < -0.39 is 0 Å². The molecule has 5 heteroatoms. The number of carbonyl (C=O) groups is 1. The van der Waals surface area contributed by atoms with Crippen molar-refractivity contribution in [1.82, 2.24) is 0 Å². The molecule has 0 fully saturated rings. The highest BCUT2D eigenvalue weighted by molar-refractivity contribution is 6.31. The number of carbonyl (C=O) groups excluding carboxylic acids is 1. The van der Waals surface area contributed by atoms with Crippen LogP contribution in [0.15, 0.2) is 42.5 Å². The molecule has 0 unspecified atom stereocenters. The second-order valence-corrected chi connectivity index (χ2v) is 5.24. The maximum absolute atomic E-state index is 12.1. The summed E-state index contributed by atoms with van der Waals surface area (Å²) in [7, 11) is 0. The molecule has 2 aromatic carbocycles. The lowest BCUT2D eigenvalue weighted by molar-refractivity contribution is -0.0163. The average Bonchev–Trinajstić information content (AvgIpc) is 2.53. The zero-order chi connectivity index (χ0) is 15.5. The van der Waals surface area contributed by atoms with Crippen LogP contribution in [0.1, 0.15) is 21.5 Å². The molecule has 0 saturated carbocycles. The molecule has 0 atom stereocenters. The topological polar surface area (TPSA) is 55.8 Å².